The summed E-state index contributed by atoms with van der Waals surface area (Å²) in [6.07, 6.45) is 1.96. The molecule has 0 bridgehead atoms. The first-order valence-corrected chi connectivity index (χ1v) is 13.4. The highest BCUT2D eigenvalue weighted by Crippen LogP contribution is 2.42. The molecule has 37 heavy (non-hydrogen) atoms. The van der Waals surface area contributed by atoms with Crippen LogP contribution in [-0.4, -0.2) is 4.98 Å². The van der Waals surface area contributed by atoms with Gasteiger partial charge in [-0.1, -0.05) is 97.1 Å². The number of hydrogen-bond acceptors (Lipinski definition) is 2. The highest BCUT2D eigenvalue weighted by Gasteiger charge is 2.15. The van der Waals surface area contributed by atoms with Crippen molar-refractivity contribution in [1.82, 2.24) is 4.98 Å². The Morgan fingerprint density at radius 3 is 1.73 bits per heavy atom. The van der Waals surface area contributed by atoms with Crippen molar-refractivity contribution >= 4 is 63.8 Å². The molecule has 0 atom stereocenters. The number of nitrogens with zero attached hydrogens (tertiary/aromatic N) is 1. The molecule has 0 spiro atoms. The molecule has 0 N–H and O–H groups in total. The second kappa shape index (κ2) is 7.99. The fraction of sp³-hybridized carbons (Fsp3) is 0. The molecule has 8 aromatic rings. The monoisotopic (exact) mass is 487 g/mol. The fourth-order valence-electron chi connectivity index (χ4n) is 5.77. The van der Waals surface area contributed by atoms with E-state index in [-0.39, 0.29) is 0 Å². The Morgan fingerprint density at radius 1 is 0.405 bits per heavy atom. The van der Waals surface area contributed by atoms with Crippen LogP contribution >= 0.6 is 11.3 Å². The number of fused-ring (bicyclic) bond motifs is 9. The minimum absolute atomic E-state index is 1.05. The zero-order valence-electron chi connectivity index (χ0n) is 20.0. The number of benzene rings is 6. The lowest BCUT2D eigenvalue weighted by Crippen LogP contribution is -1.87. The molecule has 0 saturated heterocycles. The molecular weight excluding hydrogens is 466 g/mol. The highest BCUT2D eigenvalue weighted by atomic mass is 32.1. The zero-order valence-corrected chi connectivity index (χ0v) is 20.8. The molecule has 0 saturated carbocycles. The Bertz CT molecular complexity index is 2100. The first-order valence-electron chi connectivity index (χ1n) is 12.6. The molecule has 2 heterocycles. The molecule has 172 valence electrons. The molecule has 6 aromatic carbocycles. The van der Waals surface area contributed by atoms with Gasteiger partial charge in [0.2, 0.25) is 0 Å². The van der Waals surface area contributed by atoms with Crippen LogP contribution < -0.4 is 0 Å². The second-order valence-corrected chi connectivity index (χ2v) is 10.6. The Labute approximate surface area is 218 Å². The van der Waals surface area contributed by atoms with Gasteiger partial charge in [0, 0.05) is 27.2 Å². The van der Waals surface area contributed by atoms with E-state index in [2.05, 4.69) is 121 Å². The van der Waals surface area contributed by atoms with Crippen molar-refractivity contribution in [2.75, 3.05) is 0 Å². The van der Waals surface area contributed by atoms with E-state index in [9.17, 15) is 0 Å². The van der Waals surface area contributed by atoms with Crippen LogP contribution in [0.2, 0.25) is 0 Å². The lowest BCUT2D eigenvalue weighted by Gasteiger charge is -2.12. The van der Waals surface area contributed by atoms with Crippen molar-refractivity contribution < 1.29 is 0 Å². The summed E-state index contributed by atoms with van der Waals surface area (Å²) < 4.78 is 2.54. The predicted octanol–water partition coefficient (Wildman–Crippen LogP) is 10.2. The average molecular weight is 488 g/mol. The third-order valence-electron chi connectivity index (χ3n) is 7.51. The van der Waals surface area contributed by atoms with E-state index in [4.69, 9.17) is 4.98 Å². The van der Waals surface area contributed by atoms with Crippen molar-refractivity contribution in [3.8, 4) is 22.4 Å². The summed E-state index contributed by atoms with van der Waals surface area (Å²) in [5.41, 5.74) is 4.70. The summed E-state index contributed by atoms with van der Waals surface area (Å²) in [4.78, 5) is 4.91. The van der Waals surface area contributed by atoms with Crippen LogP contribution in [0.15, 0.2) is 128 Å². The number of thiophene rings is 1. The van der Waals surface area contributed by atoms with Gasteiger partial charge in [0.05, 0.1) is 10.4 Å². The lowest BCUT2D eigenvalue weighted by molar-refractivity contribution is 1.37. The predicted molar refractivity (Wildman–Crippen MR) is 161 cm³/mol. The highest BCUT2D eigenvalue weighted by molar-refractivity contribution is 7.26. The summed E-state index contributed by atoms with van der Waals surface area (Å²) in [6.45, 7) is 0. The van der Waals surface area contributed by atoms with Crippen LogP contribution in [0.1, 0.15) is 0 Å². The Balaban J connectivity index is 1.39. The van der Waals surface area contributed by atoms with Gasteiger partial charge < -0.3 is 0 Å². The van der Waals surface area contributed by atoms with Gasteiger partial charge in [-0.15, -0.1) is 11.3 Å². The summed E-state index contributed by atoms with van der Waals surface area (Å²) in [6, 6.07) is 43.9. The van der Waals surface area contributed by atoms with Gasteiger partial charge >= 0.3 is 0 Å². The number of aromatic nitrogens is 1. The molecule has 0 unspecified atom stereocenters. The van der Waals surface area contributed by atoms with E-state index < -0.39 is 0 Å². The minimum atomic E-state index is 1.05. The normalized spacial score (nSPS) is 11.8. The molecule has 0 aliphatic heterocycles. The van der Waals surface area contributed by atoms with Crippen molar-refractivity contribution in [2.24, 2.45) is 0 Å². The van der Waals surface area contributed by atoms with Crippen LogP contribution in [0, 0.1) is 0 Å². The van der Waals surface area contributed by atoms with E-state index in [1.54, 1.807) is 0 Å². The topological polar surface area (TPSA) is 12.9 Å². The summed E-state index contributed by atoms with van der Waals surface area (Å²) in [5, 5.41) is 10.3. The van der Waals surface area contributed by atoms with Crippen LogP contribution in [0.25, 0.3) is 74.9 Å². The van der Waals surface area contributed by atoms with E-state index in [1.165, 1.54) is 63.6 Å². The number of pyridine rings is 1. The van der Waals surface area contributed by atoms with Crippen molar-refractivity contribution in [2.45, 2.75) is 0 Å². The smallest absolute Gasteiger partial charge is 0.0880 e. The maximum atomic E-state index is 4.91. The molecule has 0 amide bonds. The van der Waals surface area contributed by atoms with Gasteiger partial charge in [0.25, 0.3) is 0 Å². The fourth-order valence-corrected chi connectivity index (χ4v) is 6.96. The summed E-state index contributed by atoms with van der Waals surface area (Å²) in [5.74, 6) is 0. The molecule has 8 rings (SSSR count). The Kier molecular flexibility index (Phi) is 4.46. The van der Waals surface area contributed by atoms with Crippen LogP contribution in [-0.2, 0) is 0 Å². The maximum absolute atomic E-state index is 4.91. The first-order chi connectivity index (χ1) is 18.3. The third-order valence-corrected chi connectivity index (χ3v) is 8.70. The van der Waals surface area contributed by atoms with Gasteiger partial charge in [-0.25, -0.2) is 0 Å². The Hall–Kier alpha value is -4.53. The maximum Gasteiger partial charge on any atom is 0.0880 e. The summed E-state index contributed by atoms with van der Waals surface area (Å²) in [7, 11) is 0. The van der Waals surface area contributed by atoms with E-state index in [0.717, 1.165) is 11.3 Å². The van der Waals surface area contributed by atoms with Crippen molar-refractivity contribution in [3.63, 3.8) is 0 Å². The van der Waals surface area contributed by atoms with Gasteiger partial charge in [-0.2, -0.15) is 0 Å². The second-order valence-electron chi connectivity index (χ2n) is 9.57. The molecule has 0 aliphatic carbocycles. The van der Waals surface area contributed by atoms with Gasteiger partial charge in [-0.3, -0.25) is 4.98 Å². The van der Waals surface area contributed by atoms with E-state index >= 15 is 0 Å². The van der Waals surface area contributed by atoms with Gasteiger partial charge in [0.1, 0.15) is 0 Å². The average Bonchev–Trinajstić information content (AvgIpc) is 3.36. The van der Waals surface area contributed by atoms with Crippen LogP contribution in [0.3, 0.4) is 0 Å². The standard InChI is InChI=1S/C35H21NS/c1-2-8-22(9-3-1)23-15-17-33-32(20-23)30-18-19-36-34(35(30)37-33)24-14-16-29-27-12-5-4-10-25(27)26-11-6-7-13-28(26)31(29)21-24/h1-21H. The van der Waals surface area contributed by atoms with Crippen LogP contribution in [0.5, 0.6) is 0 Å². The number of hydrogen-bond donors (Lipinski definition) is 0. The van der Waals surface area contributed by atoms with E-state index in [0.29, 0.717) is 0 Å². The molecule has 2 heteroatoms. The quantitative estimate of drug-likeness (QED) is 0.221. The third kappa shape index (κ3) is 3.13. The van der Waals surface area contributed by atoms with E-state index in [1.807, 2.05) is 17.5 Å². The largest absolute Gasteiger partial charge is 0.255 e. The summed E-state index contributed by atoms with van der Waals surface area (Å²) >= 11 is 1.84. The zero-order chi connectivity index (χ0) is 24.3. The molecule has 0 fully saturated rings. The Morgan fingerprint density at radius 2 is 1.00 bits per heavy atom. The van der Waals surface area contributed by atoms with Gasteiger partial charge in [0.15, 0.2) is 0 Å². The van der Waals surface area contributed by atoms with Crippen molar-refractivity contribution in [1.29, 1.82) is 0 Å². The molecular formula is C35H21NS. The van der Waals surface area contributed by atoms with Crippen LogP contribution in [0.4, 0.5) is 0 Å². The first kappa shape index (κ1) is 20.6. The molecule has 0 radical (unpaired) electrons. The van der Waals surface area contributed by atoms with Gasteiger partial charge in [-0.05, 0) is 67.7 Å². The number of rotatable bonds is 2. The van der Waals surface area contributed by atoms with Crippen molar-refractivity contribution in [3.05, 3.63) is 128 Å². The SMILES string of the molecule is c1ccc(-c2ccc3sc4c(-c5ccc6c7ccccc7c7ccccc7c6c5)nccc4c3c2)cc1. The lowest BCUT2D eigenvalue weighted by atomic mass is 9.92. The molecule has 0 aliphatic rings. The minimum Gasteiger partial charge on any atom is -0.255 e. The molecule has 1 nitrogen and oxygen atoms in total. The molecule has 2 aromatic heterocycles.